The Labute approximate surface area is 104 Å². The molecule has 2 aromatic rings. The van der Waals surface area contributed by atoms with Crippen LogP contribution >= 0.6 is 0 Å². The van der Waals surface area contributed by atoms with E-state index < -0.39 is 5.82 Å². The normalized spacial score (nSPS) is 10.6. The van der Waals surface area contributed by atoms with Gasteiger partial charge in [-0.15, -0.1) is 0 Å². The third kappa shape index (κ3) is 2.17. The number of aromatic nitrogens is 2. The fourth-order valence-corrected chi connectivity index (χ4v) is 1.79. The van der Waals surface area contributed by atoms with Gasteiger partial charge in [0, 0.05) is 18.9 Å². The number of aldehydes is 1. The highest BCUT2D eigenvalue weighted by Gasteiger charge is 2.13. The van der Waals surface area contributed by atoms with Crippen molar-refractivity contribution in [2.45, 2.75) is 13.5 Å². The summed E-state index contributed by atoms with van der Waals surface area (Å²) in [6.45, 7) is 1.99. The summed E-state index contributed by atoms with van der Waals surface area (Å²) in [7, 11) is 1.54. The molecule has 1 aromatic heterocycles. The standard InChI is InChI=1S/C13H13FN2O2/c1-9-11(7-17)6-16(15-9)13-10(8-18-2)4-3-5-12(13)14/h3-7H,8H2,1-2H3. The van der Waals surface area contributed by atoms with Crippen molar-refractivity contribution in [3.8, 4) is 5.69 Å². The van der Waals surface area contributed by atoms with E-state index in [1.807, 2.05) is 0 Å². The van der Waals surface area contributed by atoms with Gasteiger partial charge >= 0.3 is 0 Å². The Morgan fingerprint density at radius 3 is 2.89 bits per heavy atom. The highest BCUT2D eigenvalue weighted by molar-refractivity contribution is 5.76. The van der Waals surface area contributed by atoms with Crippen molar-refractivity contribution in [2.24, 2.45) is 0 Å². The number of ether oxygens (including phenoxy) is 1. The van der Waals surface area contributed by atoms with Gasteiger partial charge in [-0.05, 0) is 13.0 Å². The lowest BCUT2D eigenvalue weighted by Crippen LogP contribution is -2.04. The number of aryl methyl sites for hydroxylation is 1. The summed E-state index contributed by atoms with van der Waals surface area (Å²) in [5.74, 6) is -0.399. The molecule has 1 aromatic carbocycles. The minimum atomic E-state index is -0.399. The second-order valence-electron chi connectivity index (χ2n) is 3.91. The van der Waals surface area contributed by atoms with E-state index in [2.05, 4.69) is 5.10 Å². The molecule has 0 fully saturated rings. The summed E-state index contributed by atoms with van der Waals surface area (Å²) in [4.78, 5) is 10.8. The molecule has 0 spiro atoms. The minimum absolute atomic E-state index is 0.280. The largest absolute Gasteiger partial charge is 0.380 e. The number of hydrogen-bond acceptors (Lipinski definition) is 3. The number of carbonyl (C=O) groups excluding carboxylic acids is 1. The molecule has 0 aliphatic rings. The van der Waals surface area contributed by atoms with Gasteiger partial charge in [0.1, 0.15) is 11.5 Å². The molecule has 4 nitrogen and oxygen atoms in total. The van der Waals surface area contributed by atoms with Gasteiger partial charge in [0.25, 0.3) is 0 Å². The summed E-state index contributed by atoms with van der Waals surface area (Å²) >= 11 is 0. The number of hydrogen-bond donors (Lipinski definition) is 0. The Kier molecular flexibility index (Phi) is 3.53. The molecule has 94 valence electrons. The zero-order valence-corrected chi connectivity index (χ0v) is 10.2. The van der Waals surface area contributed by atoms with E-state index in [1.54, 1.807) is 26.2 Å². The molecule has 2 rings (SSSR count). The van der Waals surface area contributed by atoms with Crippen molar-refractivity contribution in [1.82, 2.24) is 9.78 Å². The molecule has 5 heteroatoms. The van der Waals surface area contributed by atoms with Crippen molar-refractivity contribution in [1.29, 1.82) is 0 Å². The zero-order valence-electron chi connectivity index (χ0n) is 10.2. The van der Waals surface area contributed by atoms with Crippen LogP contribution in [0.1, 0.15) is 21.6 Å². The Morgan fingerprint density at radius 1 is 1.50 bits per heavy atom. The monoisotopic (exact) mass is 248 g/mol. The van der Waals surface area contributed by atoms with Crippen LogP contribution in [0.4, 0.5) is 4.39 Å². The highest BCUT2D eigenvalue weighted by Crippen LogP contribution is 2.20. The number of carbonyl (C=O) groups is 1. The van der Waals surface area contributed by atoms with E-state index in [1.165, 1.54) is 16.9 Å². The van der Waals surface area contributed by atoms with Gasteiger partial charge in [0.2, 0.25) is 0 Å². The number of halogens is 1. The average Bonchev–Trinajstić information content (AvgIpc) is 2.71. The van der Waals surface area contributed by atoms with Crippen molar-refractivity contribution in [3.05, 3.63) is 47.0 Å². The number of benzene rings is 1. The Morgan fingerprint density at radius 2 is 2.28 bits per heavy atom. The molecule has 0 saturated carbocycles. The molecule has 0 bridgehead atoms. The van der Waals surface area contributed by atoms with Crippen LogP contribution < -0.4 is 0 Å². The molecule has 0 radical (unpaired) electrons. The molecule has 0 N–H and O–H groups in total. The van der Waals surface area contributed by atoms with Crippen LogP contribution in [0.15, 0.2) is 24.4 Å². The van der Waals surface area contributed by atoms with E-state index in [4.69, 9.17) is 4.74 Å². The maximum atomic E-state index is 13.9. The SMILES string of the molecule is COCc1cccc(F)c1-n1cc(C=O)c(C)n1. The van der Waals surface area contributed by atoms with Crippen molar-refractivity contribution >= 4 is 6.29 Å². The second-order valence-corrected chi connectivity index (χ2v) is 3.91. The summed E-state index contributed by atoms with van der Waals surface area (Å²) < 4.78 is 20.3. The van der Waals surface area contributed by atoms with Crippen LogP contribution in [0.2, 0.25) is 0 Å². The van der Waals surface area contributed by atoms with E-state index in [0.29, 0.717) is 28.8 Å². The summed E-state index contributed by atoms with van der Waals surface area (Å²) in [5.41, 5.74) is 2.01. The van der Waals surface area contributed by atoms with Crippen molar-refractivity contribution < 1.29 is 13.9 Å². The van der Waals surface area contributed by atoms with Gasteiger partial charge in [-0.3, -0.25) is 4.79 Å². The predicted molar refractivity (Wildman–Crippen MR) is 64.4 cm³/mol. The Hall–Kier alpha value is -2.01. The van der Waals surface area contributed by atoms with Crippen LogP contribution in [0.5, 0.6) is 0 Å². The van der Waals surface area contributed by atoms with Crippen LogP contribution in [0.3, 0.4) is 0 Å². The molecule has 0 aliphatic carbocycles. The lowest BCUT2D eigenvalue weighted by molar-refractivity contribution is 0.112. The van der Waals surface area contributed by atoms with E-state index >= 15 is 0 Å². The summed E-state index contributed by atoms with van der Waals surface area (Å²) in [6.07, 6.45) is 2.22. The number of rotatable bonds is 4. The quantitative estimate of drug-likeness (QED) is 0.780. The molecular weight excluding hydrogens is 235 g/mol. The Balaban J connectivity index is 2.57. The first-order valence-corrected chi connectivity index (χ1v) is 5.45. The molecule has 0 unspecified atom stereocenters. The van der Waals surface area contributed by atoms with Crippen molar-refractivity contribution in [2.75, 3.05) is 7.11 Å². The van der Waals surface area contributed by atoms with E-state index in [0.717, 1.165) is 0 Å². The lowest BCUT2D eigenvalue weighted by atomic mass is 10.2. The molecule has 0 amide bonds. The first kappa shape index (κ1) is 12.4. The van der Waals surface area contributed by atoms with E-state index in [-0.39, 0.29) is 6.61 Å². The maximum absolute atomic E-state index is 13.9. The molecule has 0 saturated heterocycles. The average molecular weight is 248 g/mol. The maximum Gasteiger partial charge on any atom is 0.153 e. The Bertz CT molecular complexity index is 578. The van der Waals surface area contributed by atoms with Crippen LogP contribution in [-0.2, 0) is 11.3 Å². The topological polar surface area (TPSA) is 44.1 Å². The third-order valence-electron chi connectivity index (χ3n) is 2.66. The fraction of sp³-hybridized carbons (Fsp3) is 0.231. The van der Waals surface area contributed by atoms with Gasteiger partial charge in [-0.2, -0.15) is 5.10 Å². The predicted octanol–water partition coefficient (Wildman–Crippen LogP) is 2.28. The molecule has 0 atom stereocenters. The first-order valence-electron chi connectivity index (χ1n) is 5.45. The zero-order chi connectivity index (χ0) is 13.1. The lowest BCUT2D eigenvalue weighted by Gasteiger charge is -2.09. The van der Waals surface area contributed by atoms with Gasteiger partial charge in [-0.25, -0.2) is 9.07 Å². The second kappa shape index (κ2) is 5.10. The van der Waals surface area contributed by atoms with Crippen LogP contribution in [0, 0.1) is 12.7 Å². The number of methoxy groups -OCH3 is 1. The molecule has 0 aliphatic heterocycles. The van der Waals surface area contributed by atoms with Gasteiger partial charge in [-0.1, -0.05) is 12.1 Å². The molecule has 1 heterocycles. The van der Waals surface area contributed by atoms with E-state index in [9.17, 15) is 9.18 Å². The summed E-state index contributed by atoms with van der Waals surface area (Å²) in [6, 6.07) is 4.73. The third-order valence-corrected chi connectivity index (χ3v) is 2.66. The fourth-order valence-electron chi connectivity index (χ4n) is 1.79. The molecule has 18 heavy (non-hydrogen) atoms. The first-order chi connectivity index (χ1) is 8.67. The number of para-hydroxylation sites is 1. The van der Waals surface area contributed by atoms with Crippen molar-refractivity contribution in [3.63, 3.8) is 0 Å². The number of nitrogens with zero attached hydrogens (tertiary/aromatic N) is 2. The minimum Gasteiger partial charge on any atom is -0.380 e. The van der Waals surface area contributed by atoms with Crippen LogP contribution in [0.25, 0.3) is 5.69 Å². The van der Waals surface area contributed by atoms with Gasteiger partial charge in [0.05, 0.1) is 17.9 Å². The summed E-state index contributed by atoms with van der Waals surface area (Å²) in [5, 5.41) is 4.15. The highest BCUT2D eigenvalue weighted by atomic mass is 19.1. The molecular formula is C13H13FN2O2. The van der Waals surface area contributed by atoms with Gasteiger partial charge < -0.3 is 4.74 Å². The smallest absolute Gasteiger partial charge is 0.153 e. The van der Waals surface area contributed by atoms with Gasteiger partial charge in [0.15, 0.2) is 6.29 Å². The van der Waals surface area contributed by atoms with Crippen LogP contribution in [-0.4, -0.2) is 23.2 Å².